The summed E-state index contributed by atoms with van der Waals surface area (Å²) in [5.74, 6) is 0.912. The maximum absolute atomic E-state index is 6.05. The number of hydrogen-bond donors (Lipinski definition) is 0. The van der Waals surface area contributed by atoms with Gasteiger partial charge in [0.25, 0.3) is 0 Å². The summed E-state index contributed by atoms with van der Waals surface area (Å²) in [5, 5.41) is 0. The highest BCUT2D eigenvalue weighted by Crippen LogP contribution is 2.53. The Bertz CT molecular complexity index is 422. The molecule has 90 valence electrons. The van der Waals surface area contributed by atoms with E-state index < -0.39 is 0 Å². The number of hydrogen-bond acceptors (Lipinski definition) is 1. The highest BCUT2D eigenvalue weighted by Gasteiger charge is 2.57. The zero-order valence-corrected chi connectivity index (χ0v) is 10.3. The van der Waals surface area contributed by atoms with Crippen molar-refractivity contribution in [2.75, 3.05) is 0 Å². The van der Waals surface area contributed by atoms with Crippen LogP contribution < -0.4 is 0 Å². The largest absolute Gasteiger partial charge is 0.366 e. The van der Waals surface area contributed by atoms with Crippen molar-refractivity contribution in [2.45, 2.75) is 56.7 Å². The Labute approximate surface area is 103 Å². The van der Waals surface area contributed by atoms with E-state index in [0.29, 0.717) is 11.7 Å². The summed E-state index contributed by atoms with van der Waals surface area (Å²) >= 11 is 0. The van der Waals surface area contributed by atoms with Gasteiger partial charge in [-0.2, -0.15) is 0 Å². The van der Waals surface area contributed by atoms with Gasteiger partial charge in [0.15, 0.2) is 0 Å². The molecule has 0 amide bonds. The number of rotatable bonds is 0. The average Bonchev–Trinajstić information content (AvgIpc) is 3.07. The molecule has 7 rings (SSSR count). The lowest BCUT2D eigenvalue weighted by Gasteiger charge is -2.25. The van der Waals surface area contributed by atoms with Crippen LogP contribution in [-0.2, 0) is 17.6 Å². The third-order valence-corrected chi connectivity index (χ3v) is 5.13. The minimum Gasteiger partial charge on any atom is -0.366 e. The van der Waals surface area contributed by atoms with Crippen molar-refractivity contribution >= 4 is 0 Å². The lowest BCUT2D eigenvalue weighted by molar-refractivity contribution is 0.263. The van der Waals surface area contributed by atoms with Gasteiger partial charge in [0.1, 0.15) is 0 Å². The Morgan fingerprint density at radius 3 is 2.47 bits per heavy atom. The van der Waals surface area contributed by atoms with Crippen LogP contribution in [0, 0.1) is 5.92 Å². The van der Waals surface area contributed by atoms with Gasteiger partial charge in [0, 0.05) is 0 Å². The molecule has 1 aromatic rings. The maximum Gasteiger partial charge on any atom is 0.0951 e. The second kappa shape index (κ2) is 3.58. The van der Waals surface area contributed by atoms with Crippen LogP contribution in [0.2, 0.25) is 0 Å². The number of epoxide rings is 1. The van der Waals surface area contributed by atoms with E-state index in [1.165, 1.54) is 56.1 Å². The van der Waals surface area contributed by atoms with Gasteiger partial charge in [-0.25, -0.2) is 0 Å². The molecule has 3 unspecified atom stereocenters. The summed E-state index contributed by atoms with van der Waals surface area (Å²) in [4.78, 5) is 0. The first-order valence-corrected chi connectivity index (χ1v) is 7.10. The number of ether oxygens (including phenoxy) is 1. The van der Waals surface area contributed by atoms with E-state index in [-0.39, 0.29) is 0 Å². The fraction of sp³-hybridized carbons (Fsp3) is 0.625. The molecule has 1 heteroatoms. The highest BCUT2D eigenvalue weighted by molar-refractivity contribution is 5.24. The van der Waals surface area contributed by atoms with Crippen molar-refractivity contribution < 1.29 is 4.74 Å². The lowest BCUT2D eigenvalue weighted by Crippen LogP contribution is -2.25. The molecule has 4 bridgehead atoms. The molecule has 3 atom stereocenters. The summed E-state index contributed by atoms with van der Waals surface area (Å²) in [6, 6.07) is 9.29. The summed E-state index contributed by atoms with van der Waals surface area (Å²) in [7, 11) is 0. The first kappa shape index (κ1) is 10.1. The molecule has 0 aromatic heterocycles. The van der Waals surface area contributed by atoms with Crippen LogP contribution in [0.15, 0.2) is 24.3 Å². The Morgan fingerprint density at radius 2 is 1.71 bits per heavy atom. The van der Waals surface area contributed by atoms with Gasteiger partial charge in [-0.1, -0.05) is 24.3 Å². The zero-order chi connectivity index (χ0) is 11.3. The van der Waals surface area contributed by atoms with Crippen LogP contribution in [0.4, 0.5) is 0 Å². The minimum absolute atomic E-state index is 0.300. The van der Waals surface area contributed by atoms with Crippen molar-refractivity contribution in [2.24, 2.45) is 5.92 Å². The SMILES string of the molecule is c1cc2ccc1CCC1CCC3(CC2)OC3C1. The summed E-state index contributed by atoms with van der Waals surface area (Å²) in [6.45, 7) is 0. The molecule has 5 aliphatic carbocycles. The van der Waals surface area contributed by atoms with Gasteiger partial charge in [-0.05, 0) is 62.0 Å². The Morgan fingerprint density at radius 1 is 0.941 bits per heavy atom. The van der Waals surface area contributed by atoms with Crippen molar-refractivity contribution in [3.63, 3.8) is 0 Å². The quantitative estimate of drug-likeness (QED) is 0.619. The molecule has 1 aromatic carbocycles. The molecule has 1 aliphatic heterocycles. The van der Waals surface area contributed by atoms with Crippen LogP contribution in [0.1, 0.15) is 43.2 Å². The fourth-order valence-electron chi connectivity index (χ4n) is 3.81. The summed E-state index contributed by atoms with van der Waals surface area (Å²) in [6.07, 6.45) is 9.70. The van der Waals surface area contributed by atoms with Crippen molar-refractivity contribution in [3.8, 4) is 0 Å². The molecule has 2 fully saturated rings. The molecule has 6 aliphatic rings. The van der Waals surface area contributed by atoms with Crippen LogP contribution >= 0.6 is 0 Å². The third kappa shape index (κ3) is 1.72. The summed E-state index contributed by atoms with van der Waals surface area (Å²) < 4.78 is 6.05. The van der Waals surface area contributed by atoms with Gasteiger partial charge in [0.05, 0.1) is 11.7 Å². The van der Waals surface area contributed by atoms with E-state index in [2.05, 4.69) is 24.3 Å². The predicted molar refractivity (Wildman–Crippen MR) is 68.0 cm³/mol. The Balaban J connectivity index is 1.64. The molecule has 1 saturated carbocycles. The third-order valence-electron chi connectivity index (χ3n) is 5.13. The van der Waals surface area contributed by atoms with Crippen LogP contribution in [0.25, 0.3) is 0 Å². The van der Waals surface area contributed by atoms with Gasteiger partial charge >= 0.3 is 0 Å². The first-order chi connectivity index (χ1) is 8.34. The highest BCUT2D eigenvalue weighted by atomic mass is 16.6. The number of benzene rings is 1. The normalized spacial score (nSPS) is 39.3. The second-order valence-electron chi connectivity index (χ2n) is 6.17. The smallest absolute Gasteiger partial charge is 0.0951 e. The molecule has 0 radical (unpaired) electrons. The molecule has 1 spiro atoms. The molecule has 1 heterocycles. The van der Waals surface area contributed by atoms with Crippen molar-refractivity contribution in [1.29, 1.82) is 0 Å². The van der Waals surface area contributed by atoms with E-state index in [1.54, 1.807) is 0 Å². The maximum atomic E-state index is 6.05. The topological polar surface area (TPSA) is 12.5 Å². The number of aryl methyl sites for hydroxylation is 2. The molecular formula is C16H20O. The molecule has 17 heavy (non-hydrogen) atoms. The zero-order valence-electron chi connectivity index (χ0n) is 10.3. The van der Waals surface area contributed by atoms with Crippen LogP contribution in [0.3, 0.4) is 0 Å². The van der Waals surface area contributed by atoms with E-state index in [4.69, 9.17) is 4.74 Å². The van der Waals surface area contributed by atoms with E-state index in [0.717, 1.165) is 5.92 Å². The molecule has 0 N–H and O–H groups in total. The van der Waals surface area contributed by atoms with E-state index >= 15 is 0 Å². The van der Waals surface area contributed by atoms with Crippen LogP contribution in [-0.4, -0.2) is 11.7 Å². The molecular weight excluding hydrogens is 208 g/mol. The van der Waals surface area contributed by atoms with E-state index in [9.17, 15) is 0 Å². The van der Waals surface area contributed by atoms with Gasteiger partial charge in [0.2, 0.25) is 0 Å². The standard InChI is InChI=1S/C16H20O/c1-3-13-4-2-12(1)5-6-14-8-10-16(9-7-13)15(11-14)17-16/h1-4,14-15H,5-11H2. The molecule has 1 nitrogen and oxygen atoms in total. The molecule has 1 saturated heterocycles. The monoisotopic (exact) mass is 228 g/mol. The van der Waals surface area contributed by atoms with Crippen molar-refractivity contribution in [1.82, 2.24) is 0 Å². The van der Waals surface area contributed by atoms with Gasteiger partial charge in [-0.15, -0.1) is 0 Å². The minimum atomic E-state index is 0.300. The predicted octanol–water partition coefficient (Wildman–Crippen LogP) is 3.50. The fourth-order valence-corrected chi connectivity index (χ4v) is 3.81. The van der Waals surface area contributed by atoms with Gasteiger partial charge in [-0.3, -0.25) is 0 Å². The second-order valence-corrected chi connectivity index (χ2v) is 6.17. The van der Waals surface area contributed by atoms with Crippen molar-refractivity contribution in [3.05, 3.63) is 35.4 Å². The Hall–Kier alpha value is -0.820. The van der Waals surface area contributed by atoms with Crippen LogP contribution in [0.5, 0.6) is 0 Å². The van der Waals surface area contributed by atoms with E-state index in [1.807, 2.05) is 0 Å². The first-order valence-electron chi connectivity index (χ1n) is 7.10. The summed E-state index contributed by atoms with van der Waals surface area (Å²) in [5.41, 5.74) is 3.30. The lowest BCUT2D eigenvalue weighted by atomic mass is 9.77. The van der Waals surface area contributed by atoms with Gasteiger partial charge < -0.3 is 4.74 Å². The Kier molecular flexibility index (Phi) is 2.14. The average molecular weight is 228 g/mol.